The molecule has 1 atom stereocenters. The van der Waals surface area contributed by atoms with Gasteiger partial charge in [0.25, 0.3) is 15.9 Å². The number of aliphatic hydroxyl groups excluding tert-OH is 1. The summed E-state index contributed by atoms with van der Waals surface area (Å²) >= 11 is 1.90. The molecule has 26 heavy (non-hydrogen) atoms. The minimum Gasteiger partial charge on any atom is -0.372 e. The van der Waals surface area contributed by atoms with Gasteiger partial charge in [-0.1, -0.05) is 38.5 Å². The molecular weight excluding hydrogens is 370 g/mol. The van der Waals surface area contributed by atoms with Crippen molar-refractivity contribution in [3.05, 3.63) is 10.5 Å². The third-order valence-corrected chi connectivity index (χ3v) is 7.97. The van der Waals surface area contributed by atoms with Crippen molar-refractivity contribution >= 4 is 27.7 Å². The van der Waals surface area contributed by atoms with E-state index in [1.165, 1.54) is 37.9 Å². The number of aliphatic hydroxyl groups is 1. The molecule has 5 nitrogen and oxygen atoms in total. The predicted molar refractivity (Wildman–Crippen MR) is 107 cm³/mol. The lowest BCUT2D eigenvalue weighted by molar-refractivity contribution is -0.128. The van der Waals surface area contributed by atoms with E-state index in [0.717, 1.165) is 36.4 Å². The van der Waals surface area contributed by atoms with Crippen molar-refractivity contribution in [2.75, 3.05) is 12.0 Å². The van der Waals surface area contributed by atoms with Crippen LogP contribution < -0.4 is 0 Å². The third-order valence-electron chi connectivity index (χ3n) is 5.28. The molecule has 0 fully saturated rings. The normalized spacial score (nSPS) is 20.5. The molecule has 2 rings (SSSR count). The molecular formula is C19H33NO4S2. The van der Waals surface area contributed by atoms with Gasteiger partial charge in [-0.3, -0.25) is 4.79 Å². The number of rotatable bonds is 12. The van der Waals surface area contributed by atoms with Crippen molar-refractivity contribution in [3.63, 3.8) is 0 Å². The van der Waals surface area contributed by atoms with Gasteiger partial charge in [0, 0.05) is 5.57 Å². The summed E-state index contributed by atoms with van der Waals surface area (Å²) in [6, 6.07) is 0. The third kappa shape index (κ3) is 5.49. The number of sulfonamides is 1. The van der Waals surface area contributed by atoms with Gasteiger partial charge in [-0.2, -0.15) is 11.8 Å². The highest BCUT2D eigenvalue weighted by Gasteiger charge is 2.46. The lowest BCUT2D eigenvalue weighted by atomic mass is 9.99. The average Bonchev–Trinajstić information content (AvgIpc) is 2.83. The highest BCUT2D eigenvalue weighted by molar-refractivity contribution is 7.98. The van der Waals surface area contributed by atoms with Crippen molar-refractivity contribution in [1.29, 1.82) is 0 Å². The highest BCUT2D eigenvalue weighted by atomic mass is 32.2. The molecule has 0 saturated carbocycles. The summed E-state index contributed by atoms with van der Waals surface area (Å²) in [5, 5.41) is 10.3. The summed E-state index contributed by atoms with van der Waals surface area (Å²) < 4.78 is 25.8. The van der Waals surface area contributed by atoms with Gasteiger partial charge >= 0.3 is 0 Å². The van der Waals surface area contributed by atoms with E-state index >= 15 is 0 Å². The standard InChI is InChI=1S/C19H33NO4S2/c1-25-15-11-7-5-3-2-4-6-8-14-18(21)20-19(22)16-12-9-10-13-17(16)26(20,23)24/h18,21H,2-15H2,1H3. The number of allylic oxidation sites excluding steroid dienone is 1. The smallest absolute Gasteiger partial charge is 0.266 e. The van der Waals surface area contributed by atoms with Gasteiger partial charge in [0.2, 0.25) is 0 Å². The molecule has 2 aliphatic rings. The zero-order valence-electron chi connectivity index (χ0n) is 15.9. The second kappa shape index (κ2) is 10.7. The van der Waals surface area contributed by atoms with Crippen LogP contribution in [0.15, 0.2) is 10.5 Å². The van der Waals surface area contributed by atoms with Crippen LogP contribution in [0.1, 0.15) is 83.5 Å². The summed E-state index contributed by atoms with van der Waals surface area (Å²) in [5.41, 5.74) is 0.414. The fourth-order valence-corrected chi connectivity index (χ4v) is 6.18. The van der Waals surface area contributed by atoms with E-state index in [0.29, 0.717) is 24.8 Å². The molecule has 1 N–H and O–H groups in total. The zero-order chi connectivity index (χ0) is 19.0. The molecule has 0 aromatic carbocycles. The first-order valence-corrected chi connectivity index (χ1v) is 12.8. The topological polar surface area (TPSA) is 74.7 Å². The van der Waals surface area contributed by atoms with Crippen LogP contribution in [0.2, 0.25) is 0 Å². The lowest BCUT2D eigenvalue weighted by Crippen LogP contribution is -2.40. The minimum absolute atomic E-state index is 0.259. The SMILES string of the molecule is CSCCCCCCCCCCC(O)N1C(=O)C2=C(CCCC2)S1(=O)=O. The lowest BCUT2D eigenvalue weighted by Gasteiger charge is -2.22. The molecule has 150 valence electrons. The molecule has 1 heterocycles. The number of carbonyl (C=O) groups excluding carboxylic acids is 1. The largest absolute Gasteiger partial charge is 0.372 e. The fourth-order valence-electron chi connectivity index (χ4n) is 3.80. The van der Waals surface area contributed by atoms with Crippen molar-refractivity contribution < 1.29 is 18.3 Å². The number of amides is 1. The molecule has 1 unspecified atom stereocenters. The summed E-state index contributed by atoms with van der Waals surface area (Å²) in [4.78, 5) is 12.7. The van der Waals surface area contributed by atoms with Gasteiger partial charge in [-0.05, 0) is 57.0 Å². The van der Waals surface area contributed by atoms with E-state index in [2.05, 4.69) is 6.26 Å². The van der Waals surface area contributed by atoms with Crippen molar-refractivity contribution in [1.82, 2.24) is 4.31 Å². The van der Waals surface area contributed by atoms with Crippen LogP contribution in [0, 0.1) is 0 Å². The molecule has 0 radical (unpaired) electrons. The van der Waals surface area contributed by atoms with Gasteiger partial charge in [0.05, 0.1) is 4.91 Å². The van der Waals surface area contributed by atoms with E-state index in [9.17, 15) is 18.3 Å². The molecule has 0 aromatic heterocycles. The van der Waals surface area contributed by atoms with Crippen molar-refractivity contribution in [2.45, 2.75) is 89.7 Å². The first-order valence-electron chi connectivity index (χ1n) is 9.98. The average molecular weight is 404 g/mol. The molecule has 0 bridgehead atoms. The Hall–Kier alpha value is -0.530. The zero-order valence-corrected chi connectivity index (χ0v) is 17.5. The number of hydrogen-bond donors (Lipinski definition) is 1. The number of hydrogen-bond acceptors (Lipinski definition) is 5. The number of carbonyl (C=O) groups is 1. The highest BCUT2D eigenvalue weighted by Crippen LogP contribution is 2.39. The van der Waals surface area contributed by atoms with Gasteiger partial charge < -0.3 is 5.11 Å². The Balaban J connectivity index is 1.66. The van der Waals surface area contributed by atoms with Crippen LogP contribution in [0.5, 0.6) is 0 Å². The van der Waals surface area contributed by atoms with Crippen LogP contribution in [0.3, 0.4) is 0 Å². The van der Waals surface area contributed by atoms with Gasteiger partial charge in [0.1, 0.15) is 6.23 Å². The van der Waals surface area contributed by atoms with Gasteiger partial charge in [-0.25, -0.2) is 12.7 Å². The number of nitrogens with zero attached hydrogens (tertiary/aromatic N) is 1. The molecule has 7 heteroatoms. The monoisotopic (exact) mass is 403 g/mol. The maximum atomic E-state index is 12.5. The second-order valence-electron chi connectivity index (χ2n) is 7.31. The van der Waals surface area contributed by atoms with Crippen molar-refractivity contribution in [3.8, 4) is 0 Å². The van der Waals surface area contributed by atoms with Crippen LogP contribution >= 0.6 is 11.8 Å². The van der Waals surface area contributed by atoms with Crippen molar-refractivity contribution in [2.24, 2.45) is 0 Å². The Labute approximate surface area is 162 Å². The van der Waals surface area contributed by atoms with E-state index < -0.39 is 22.2 Å². The van der Waals surface area contributed by atoms with Crippen LogP contribution in [-0.2, 0) is 14.8 Å². The first-order chi connectivity index (χ1) is 12.5. The number of unbranched alkanes of at least 4 members (excludes halogenated alkanes) is 7. The van der Waals surface area contributed by atoms with Gasteiger partial charge in [-0.15, -0.1) is 0 Å². The molecule has 1 aliphatic heterocycles. The van der Waals surface area contributed by atoms with Gasteiger partial charge in [0.15, 0.2) is 0 Å². The Morgan fingerprint density at radius 3 is 2.19 bits per heavy atom. The van der Waals surface area contributed by atoms with Crippen LogP contribution in [0.4, 0.5) is 0 Å². The maximum Gasteiger partial charge on any atom is 0.266 e. The molecule has 1 aliphatic carbocycles. The van der Waals surface area contributed by atoms with Crippen LogP contribution in [-0.4, -0.2) is 42.0 Å². The molecule has 1 amide bonds. The summed E-state index contributed by atoms with van der Waals surface area (Å²) in [6.45, 7) is 0. The fraction of sp³-hybridized carbons (Fsp3) is 0.842. The van der Waals surface area contributed by atoms with E-state index in [1.807, 2.05) is 11.8 Å². The van der Waals surface area contributed by atoms with Crippen LogP contribution in [0.25, 0.3) is 0 Å². The molecule has 0 saturated heterocycles. The first kappa shape index (κ1) is 21.8. The molecule has 0 spiro atoms. The Morgan fingerprint density at radius 1 is 1.00 bits per heavy atom. The maximum absolute atomic E-state index is 12.5. The summed E-state index contributed by atoms with van der Waals surface area (Å²) in [6.07, 6.45) is 13.0. The number of thioether (sulfide) groups is 1. The summed E-state index contributed by atoms with van der Waals surface area (Å²) in [5.74, 6) is 0.756. The van der Waals surface area contributed by atoms with E-state index in [4.69, 9.17) is 0 Å². The quantitative estimate of drug-likeness (QED) is 0.495. The second-order valence-corrected chi connectivity index (χ2v) is 10.1. The molecule has 0 aromatic rings. The minimum atomic E-state index is -3.79. The van der Waals surface area contributed by atoms with E-state index in [1.54, 1.807) is 0 Å². The Bertz CT molecular complexity index is 601. The Kier molecular flexibility index (Phi) is 8.97. The Morgan fingerprint density at radius 2 is 1.58 bits per heavy atom. The predicted octanol–water partition coefficient (Wildman–Crippen LogP) is 4.18. The van der Waals surface area contributed by atoms with E-state index in [-0.39, 0.29) is 4.91 Å². The summed E-state index contributed by atoms with van der Waals surface area (Å²) in [7, 11) is -3.79.